The van der Waals surface area contributed by atoms with Gasteiger partial charge >= 0.3 is 0 Å². The van der Waals surface area contributed by atoms with Crippen molar-refractivity contribution in [3.8, 4) is 0 Å². The molecule has 3 heteroatoms. The summed E-state index contributed by atoms with van der Waals surface area (Å²) in [4.78, 5) is 22.5. The van der Waals surface area contributed by atoms with Crippen LogP contribution in [0.2, 0.25) is 0 Å². The van der Waals surface area contributed by atoms with Crippen LogP contribution in [0.3, 0.4) is 0 Å². The number of ketones is 1. The quantitative estimate of drug-likeness (QED) is 0.710. The van der Waals surface area contributed by atoms with Crippen LogP contribution in [0.4, 0.5) is 0 Å². The Morgan fingerprint density at radius 1 is 1.31 bits per heavy atom. The maximum Gasteiger partial charge on any atom is 0.217 e. The highest BCUT2D eigenvalue weighted by molar-refractivity contribution is 5.91. The minimum absolute atomic E-state index is 0.118. The summed E-state index contributed by atoms with van der Waals surface area (Å²) < 4.78 is 0. The summed E-state index contributed by atoms with van der Waals surface area (Å²) >= 11 is 0. The van der Waals surface area contributed by atoms with Gasteiger partial charge in [0.25, 0.3) is 0 Å². The Morgan fingerprint density at radius 2 is 1.85 bits per heavy atom. The number of nitrogens with one attached hydrogen (secondary N) is 1. The number of amides is 1. The van der Waals surface area contributed by atoms with Crippen LogP contribution in [-0.2, 0) is 9.59 Å². The molecule has 1 fully saturated rings. The SMILES string of the molecule is CC(=O)NC(C(=O)C1CC1)C(C)C. The summed E-state index contributed by atoms with van der Waals surface area (Å²) in [6.45, 7) is 5.37. The molecule has 1 atom stereocenters. The highest BCUT2D eigenvalue weighted by Crippen LogP contribution is 2.32. The third-order valence-corrected chi connectivity index (χ3v) is 2.31. The predicted octanol–water partition coefficient (Wildman–Crippen LogP) is 1.13. The normalized spacial score (nSPS) is 18.5. The van der Waals surface area contributed by atoms with Crippen LogP contribution >= 0.6 is 0 Å². The van der Waals surface area contributed by atoms with E-state index in [9.17, 15) is 9.59 Å². The second kappa shape index (κ2) is 3.90. The topological polar surface area (TPSA) is 46.2 Å². The molecule has 1 amide bonds. The van der Waals surface area contributed by atoms with E-state index in [2.05, 4.69) is 5.32 Å². The summed E-state index contributed by atoms with van der Waals surface area (Å²) in [5.74, 6) is 0.508. The molecule has 0 bridgehead atoms. The first-order valence-electron chi connectivity index (χ1n) is 4.83. The van der Waals surface area contributed by atoms with Gasteiger partial charge in [0.2, 0.25) is 5.91 Å². The summed E-state index contributed by atoms with van der Waals surface area (Å²) in [5, 5.41) is 2.71. The summed E-state index contributed by atoms with van der Waals surface area (Å²) in [7, 11) is 0. The van der Waals surface area contributed by atoms with Gasteiger partial charge in [-0.2, -0.15) is 0 Å². The van der Waals surface area contributed by atoms with Crippen molar-refractivity contribution in [1.82, 2.24) is 5.32 Å². The molecule has 0 aliphatic heterocycles. The minimum Gasteiger partial charge on any atom is -0.346 e. The van der Waals surface area contributed by atoms with E-state index in [1.54, 1.807) is 0 Å². The Morgan fingerprint density at radius 3 is 2.15 bits per heavy atom. The van der Waals surface area contributed by atoms with Gasteiger partial charge in [-0.3, -0.25) is 9.59 Å². The Bertz CT molecular complexity index is 219. The monoisotopic (exact) mass is 183 g/mol. The molecule has 0 aromatic heterocycles. The van der Waals surface area contributed by atoms with Crippen molar-refractivity contribution in [1.29, 1.82) is 0 Å². The molecule has 0 heterocycles. The van der Waals surface area contributed by atoms with Crippen molar-refractivity contribution in [2.45, 2.75) is 39.7 Å². The predicted molar refractivity (Wildman–Crippen MR) is 50.2 cm³/mol. The number of hydrogen-bond acceptors (Lipinski definition) is 2. The molecule has 1 aliphatic carbocycles. The smallest absolute Gasteiger partial charge is 0.217 e. The van der Waals surface area contributed by atoms with E-state index in [1.165, 1.54) is 6.92 Å². The number of carbonyl (C=O) groups excluding carboxylic acids is 2. The van der Waals surface area contributed by atoms with E-state index in [4.69, 9.17) is 0 Å². The van der Waals surface area contributed by atoms with Gasteiger partial charge in [0.15, 0.2) is 5.78 Å². The van der Waals surface area contributed by atoms with Crippen molar-refractivity contribution in [2.75, 3.05) is 0 Å². The average molecular weight is 183 g/mol. The van der Waals surface area contributed by atoms with Gasteiger partial charge in [-0.25, -0.2) is 0 Å². The zero-order chi connectivity index (χ0) is 10.0. The Kier molecular flexibility index (Phi) is 3.07. The molecule has 74 valence electrons. The lowest BCUT2D eigenvalue weighted by atomic mass is 9.97. The second-order valence-corrected chi connectivity index (χ2v) is 4.10. The Hall–Kier alpha value is -0.860. The van der Waals surface area contributed by atoms with E-state index in [0.717, 1.165) is 12.8 Å². The second-order valence-electron chi connectivity index (χ2n) is 4.10. The molecule has 1 unspecified atom stereocenters. The van der Waals surface area contributed by atoms with Crippen LogP contribution < -0.4 is 5.32 Å². The van der Waals surface area contributed by atoms with Crippen LogP contribution in [0.1, 0.15) is 33.6 Å². The first-order chi connectivity index (χ1) is 6.02. The van der Waals surface area contributed by atoms with Crippen LogP contribution in [0.25, 0.3) is 0 Å². The molecule has 1 N–H and O–H groups in total. The molecule has 0 saturated heterocycles. The van der Waals surface area contributed by atoms with E-state index in [1.807, 2.05) is 13.8 Å². The molecular formula is C10H17NO2. The zero-order valence-electron chi connectivity index (χ0n) is 8.46. The number of hydrogen-bond donors (Lipinski definition) is 1. The van der Waals surface area contributed by atoms with Gasteiger partial charge in [-0.05, 0) is 18.8 Å². The maximum atomic E-state index is 11.7. The van der Waals surface area contributed by atoms with Crippen molar-refractivity contribution in [3.63, 3.8) is 0 Å². The fraction of sp³-hybridized carbons (Fsp3) is 0.800. The zero-order valence-corrected chi connectivity index (χ0v) is 8.46. The molecular weight excluding hydrogens is 166 g/mol. The number of carbonyl (C=O) groups is 2. The molecule has 0 aromatic carbocycles. The summed E-state index contributed by atoms with van der Waals surface area (Å²) in [6.07, 6.45) is 2.00. The largest absolute Gasteiger partial charge is 0.346 e. The lowest BCUT2D eigenvalue weighted by Gasteiger charge is -2.19. The standard InChI is InChI=1S/C10H17NO2/c1-6(2)9(11-7(3)12)10(13)8-4-5-8/h6,8-9H,4-5H2,1-3H3,(H,11,12). The number of rotatable bonds is 4. The minimum atomic E-state index is -0.273. The van der Waals surface area contributed by atoms with Crippen LogP contribution in [0, 0.1) is 11.8 Å². The molecule has 1 aliphatic rings. The van der Waals surface area contributed by atoms with Crippen molar-refractivity contribution in [3.05, 3.63) is 0 Å². The van der Waals surface area contributed by atoms with Crippen LogP contribution in [0.15, 0.2) is 0 Å². The molecule has 1 saturated carbocycles. The molecule has 3 nitrogen and oxygen atoms in total. The first kappa shape index (κ1) is 10.2. The van der Waals surface area contributed by atoms with Gasteiger partial charge < -0.3 is 5.32 Å². The van der Waals surface area contributed by atoms with Crippen molar-refractivity contribution in [2.24, 2.45) is 11.8 Å². The fourth-order valence-corrected chi connectivity index (χ4v) is 1.41. The van der Waals surface area contributed by atoms with Gasteiger partial charge in [0.05, 0.1) is 6.04 Å². The molecule has 0 spiro atoms. The third kappa shape index (κ3) is 2.83. The van der Waals surface area contributed by atoms with E-state index in [0.29, 0.717) is 0 Å². The van der Waals surface area contributed by atoms with Gasteiger partial charge in [0.1, 0.15) is 0 Å². The highest BCUT2D eigenvalue weighted by Gasteiger charge is 2.36. The maximum absolute atomic E-state index is 11.7. The lowest BCUT2D eigenvalue weighted by Crippen LogP contribution is -2.44. The highest BCUT2D eigenvalue weighted by atomic mass is 16.2. The van der Waals surface area contributed by atoms with Crippen molar-refractivity contribution >= 4 is 11.7 Å². The Labute approximate surface area is 78.9 Å². The number of Topliss-reactive ketones (excluding diaryl/α,β-unsaturated/α-hetero) is 1. The summed E-state index contributed by atoms with van der Waals surface area (Å²) in [6, 6.07) is -0.273. The molecule has 1 rings (SSSR count). The van der Waals surface area contributed by atoms with E-state index >= 15 is 0 Å². The van der Waals surface area contributed by atoms with Crippen LogP contribution in [-0.4, -0.2) is 17.7 Å². The average Bonchev–Trinajstić information content (AvgIpc) is 2.80. The van der Waals surface area contributed by atoms with Crippen molar-refractivity contribution < 1.29 is 9.59 Å². The fourth-order valence-electron chi connectivity index (χ4n) is 1.41. The molecule has 0 radical (unpaired) electrons. The van der Waals surface area contributed by atoms with Crippen LogP contribution in [0.5, 0.6) is 0 Å². The Balaban J connectivity index is 2.55. The lowest BCUT2D eigenvalue weighted by molar-refractivity contribution is -0.128. The third-order valence-electron chi connectivity index (χ3n) is 2.31. The van der Waals surface area contributed by atoms with Gasteiger partial charge in [-0.15, -0.1) is 0 Å². The first-order valence-corrected chi connectivity index (χ1v) is 4.83. The van der Waals surface area contributed by atoms with E-state index < -0.39 is 0 Å². The van der Waals surface area contributed by atoms with Gasteiger partial charge in [0, 0.05) is 12.8 Å². The summed E-state index contributed by atoms with van der Waals surface area (Å²) in [5.41, 5.74) is 0. The van der Waals surface area contributed by atoms with E-state index in [-0.39, 0.29) is 29.6 Å². The molecule has 13 heavy (non-hydrogen) atoms. The molecule has 0 aromatic rings. The van der Waals surface area contributed by atoms with Gasteiger partial charge in [-0.1, -0.05) is 13.8 Å².